The lowest BCUT2D eigenvalue weighted by Crippen LogP contribution is -2.28. The summed E-state index contributed by atoms with van der Waals surface area (Å²) >= 11 is 5.87. The van der Waals surface area contributed by atoms with Crippen molar-refractivity contribution in [3.63, 3.8) is 0 Å². The molecule has 1 amide bonds. The molecule has 2 N–H and O–H groups in total. The number of carbonyl (C=O) groups is 1. The Morgan fingerprint density at radius 2 is 2.19 bits per heavy atom. The van der Waals surface area contributed by atoms with Gasteiger partial charge in [0.15, 0.2) is 0 Å². The predicted octanol–water partition coefficient (Wildman–Crippen LogP) is 2.40. The fourth-order valence-electron chi connectivity index (χ4n) is 1.73. The Morgan fingerprint density at radius 1 is 1.50 bits per heavy atom. The second kappa shape index (κ2) is 4.34. The van der Waals surface area contributed by atoms with E-state index in [4.69, 9.17) is 17.3 Å². The molecule has 0 spiro atoms. The van der Waals surface area contributed by atoms with Gasteiger partial charge in [-0.05, 0) is 37.0 Å². The zero-order valence-electron chi connectivity index (χ0n) is 9.24. The van der Waals surface area contributed by atoms with E-state index >= 15 is 0 Å². The Labute approximate surface area is 100 Å². The van der Waals surface area contributed by atoms with Gasteiger partial charge in [0.25, 0.3) is 5.91 Å². The quantitative estimate of drug-likeness (QED) is 0.822. The van der Waals surface area contributed by atoms with Crippen LogP contribution in [0.5, 0.6) is 0 Å². The predicted molar refractivity (Wildman–Crippen MR) is 65.5 cm³/mol. The average molecular weight is 239 g/mol. The normalized spacial score (nSPS) is 14.9. The number of amides is 1. The summed E-state index contributed by atoms with van der Waals surface area (Å²) in [6, 6.07) is 4.96. The number of nitrogens with zero attached hydrogens (tertiary/aromatic N) is 1. The van der Waals surface area contributed by atoms with Gasteiger partial charge in [-0.15, -0.1) is 0 Å². The van der Waals surface area contributed by atoms with Gasteiger partial charge in [-0.3, -0.25) is 4.79 Å². The van der Waals surface area contributed by atoms with Crippen LogP contribution in [0.4, 0.5) is 5.69 Å². The van der Waals surface area contributed by atoms with Gasteiger partial charge in [0.1, 0.15) is 0 Å². The Kier molecular flexibility index (Phi) is 3.06. The van der Waals surface area contributed by atoms with Crippen molar-refractivity contribution in [1.29, 1.82) is 0 Å². The number of halogens is 1. The van der Waals surface area contributed by atoms with Gasteiger partial charge >= 0.3 is 0 Å². The molecule has 1 aliphatic rings. The van der Waals surface area contributed by atoms with Crippen molar-refractivity contribution in [3.8, 4) is 0 Å². The number of nitrogens with two attached hydrogens (primary N) is 1. The van der Waals surface area contributed by atoms with Crippen LogP contribution in [-0.2, 0) is 0 Å². The third-order valence-electron chi connectivity index (χ3n) is 2.74. The highest BCUT2D eigenvalue weighted by molar-refractivity contribution is 6.31. The molecule has 16 heavy (non-hydrogen) atoms. The minimum Gasteiger partial charge on any atom is -0.399 e. The Hall–Kier alpha value is -1.22. The highest BCUT2D eigenvalue weighted by Gasteiger charge is 2.25. The summed E-state index contributed by atoms with van der Waals surface area (Å²) in [7, 11) is 1.82. The summed E-state index contributed by atoms with van der Waals surface area (Å²) in [5.41, 5.74) is 6.74. The van der Waals surface area contributed by atoms with Crippen molar-refractivity contribution < 1.29 is 4.79 Å². The zero-order chi connectivity index (χ0) is 11.7. The smallest absolute Gasteiger partial charge is 0.253 e. The number of nitrogen functional groups attached to an aromatic ring is 1. The van der Waals surface area contributed by atoms with Crippen molar-refractivity contribution in [3.05, 3.63) is 28.8 Å². The van der Waals surface area contributed by atoms with Gasteiger partial charge < -0.3 is 10.6 Å². The first-order valence-corrected chi connectivity index (χ1v) is 5.75. The molecule has 1 aliphatic carbocycles. The van der Waals surface area contributed by atoms with Crippen LogP contribution in [-0.4, -0.2) is 24.4 Å². The molecule has 0 aliphatic heterocycles. The molecule has 86 valence electrons. The highest BCUT2D eigenvalue weighted by atomic mass is 35.5. The SMILES string of the molecule is CN(CC1CC1)C(=O)c1cc(N)cc(Cl)c1. The number of rotatable bonds is 3. The summed E-state index contributed by atoms with van der Waals surface area (Å²) < 4.78 is 0. The first kappa shape index (κ1) is 11.3. The van der Waals surface area contributed by atoms with Crippen LogP contribution in [0.25, 0.3) is 0 Å². The second-order valence-electron chi connectivity index (χ2n) is 4.40. The standard InChI is InChI=1S/C12H15ClN2O/c1-15(7-8-2-3-8)12(16)9-4-10(13)6-11(14)5-9/h4-6,8H,2-3,7,14H2,1H3. The first-order valence-electron chi connectivity index (χ1n) is 5.38. The lowest BCUT2D eigenvalue weighted by Gasteiger charge is -2.17. The molecular formula is C12H15ClN2O. The lowest BCUT2D eigenvalue weighted by atomic mass is 10.1. The van der Waals surface area contributed by atoms with Crippen LogP contribution in [0.2, 0.25) is 5.02 Å². The first-order chi connectivity index (χ1) is 7.56. The summed E-state index contributed by atoms with van der Waals surface area (Å²) in [5.74, 6) is 0.673. The van der Waals surface area contributed by atoms with Gasteiger partial charge in [0.2, 0.25) is 0 Å². The van der Waals surface area contributed by atoms with E-state index in [2.05, 4.69) is 0 Å². The minimum absolute atomic E-state index is 0.0129. The topological polar surface area (TPSA) is 46.3 Å². The third-order valence-corrected chi connectivity index (χ3v) is 2.96. The average Bonchev–Trinajstić information content (AvgIpc) is 2.99. The van der Waals surface area contributed by atoms with Crippen molar-refractivity contribution in [2.24, 2.45) is 5.92 Å². The molecule has 1 aromatic carbocycles. The van der Waals surface area contributed by atoms with Crippen molar-refractivity contribution in [2.45, 2.75) is 12.8 Å². The Bertz CT molecular complexity index is 395. The molecule has 1 saturated carbocycles. The van der Waals surface area contributed by atoms with Crippen LogP contribution in [0.1, 0.15) is 23.2 Å². The molecule has 1 aromatic rings. The molecule has 0 atom stereocenters. The number of anilines is 1. The summed E-state index contributed by atoms with van der Waals surface area (Å²) in [5, 5.41) is 0.503. The second-order valence-corrected chi connectivity index (χ2v) is 4.84. The van der Waals surface area contributed by atoms with Crippen molar-refractivity contribution in [1.82, 2.24) is 4.90 Å². The van der Waals surface area contributed by atoms with Crippen LogP contribution in [0.3, 0.4) is 0 Å². The molecule has 4 heteroatoms. The highest BCUT2D eigenvalue weighted by Crippen LogP contribution is 2.29. The zero-order valence-corrected chi connectivity index (χ0v) is 10.00. The summed E-state index contributed by atoms with van der Waals surface area (Å²) in [6.07, 6.45) is 2.46. The molecular weight excluding hydrogens is 224 g/mol. The molecule has 0 heterocycles. The van der Waals surface area contributed by atoms with E-state index < -0.39 is 0 Å². The Morgan fingerprint density at radius 3 is 2.75 bits per heavy atom. The number of carbonyl (C=O) groups excluding carboxylic acids is 1. The molecule has 2 rings (SSSR count). The van der Waals surface area contributed by atoms with Gasteiger partial charge in [0.05, 0.1) is 0 Å². The Balaban J connectivity index is 2.12. The maximum atomic E-state index is 12.0. The van der Waals surface area contributed by atoms with Crippen LogP contribution < -0.4 is 5.73 Å². The fraction of sp³-hybridized carbons (Fsp3) is 0.417. The molecule has 0 unspecified atom stereocenters. The fourth-order valence-corrected chi connectivity index (χ4v) is 1.97. The maximum Gasteiger partial charge on any atom is 0.253 e. The minimum atomic E-state index is -0.0129. The van der Waals surface area contributed by atoms with E-state index in [1.807, 2.05) is 7.05 Å². The van der Waals surface area contributed by atoms with Crippen LogP contribution in [0.15, 0.2) is 18.2 Å². The van der Waals surface area contributed by atoms with E-state index in [0.29, 0.717) is 22.2 Å². The van der Waals surface area contributed by atoms with Crippen molar-refractivity contribution in [2.75, 3.05) is 19.3 Å². The third kappa shape index (κ3) is 2.67. The van der Waals surface area contributed by atoms with Gasteiger partial charge in [-0.25, -0.2) is 0 Å². The van der Waals surface area contributed by atoms with E-state index in [-0.39, 0.29) is 5.91 Å². The maximum absolute atomic E-state index is 12.0. The largest absolute Gasteiger partial charge is 0.399 e. The van der Waals surface area contributed by atoms with Gasteiger partial charge in [-0.2, -0.15) is 0 Å². The van der Waals surface area contributed by atoms with Crippen LogP contribution >= 0.6 is 11.6 Å². The number of hydrogen-bond donors (Lipinski definition) is 1. The number of hydrogen-bond acceptors (Lipinski definition) is 2. The van der Waals surface area contributed by atoms with E-state index in [1.165, 1.54) is 12.8 Å². The lowest BCUT2D eigenvalue weighted by molar-refractivity contribution is 0.0789. The molecule has 3 nitrogen and oxygen atoms in total. The van der Waals surface area contributed by atoms with E-state index in [9.17, 15) is 4.79 Å². The molecule has 0 radical (unpaired) electrons. The van der Waals surface area contributed by atoms with Crippen molar-refractivity contribution >= 4 is 23.2 Å². The van der Waals surface area contributed by atoms with Crippen LogP contribution in [0, 0.1) is 5.92 Å². The van der Waals surface area contributed by atoms with E-state index in [0.717, 1.165) is 6.54 Å². The number of benzene rings is 1. The van der Waals surface area contributed by atoms with Gasteiger partial charge in [0, 0.05) is 29.9 Å². The monoisotopic (exact) mass is 238 g/mol. The molecule has 0 bridgehead atoms. The summed E-state index contributed by atoms with van der Waals surface area (Å²) in [4.78, 5) is 13.8. The van der Waals surface area contributed by atoms with Gasteiger partial charge in [-0.1, -0.05) is 11.6 Å². The summed E-state index contributed by atoms with van der Waals surface area (Å²) in [6.45, 7) is 0.825. The van der Waals surface area contributed by atoms with E-state index in [1.54, 1.807) is 23.1 Å². The molecule has 0 aromatic heterocycles. The molecule has 0 saturated heterocycles. The molecule has 1 fully saturated rings.